The number of aromatic nitrogens is 5. The summed E-state index contributed by atoms with van der Waals surface area (Å²) in [5, 5.41) is 8.19. The molecule has 31 heavy (non-hydrogen) atoms. The number of nitrogens with one attached hydrogen (secondary N) is 1. The largest absolute Gasteiger partial charge is 0.481 e. The summed E-state index contributed by atoms with van der Waals surface area (Å²) in [4.78, 5) is 13.5. The van der Waals surface area contributed by atoms with E-state index in [1.807, 2.05) is 53.2 Å². The molecule has 152 valence electrons. The second-order valence-corrected chi connectivity index (χ2v) is 6.94. The van der Waals surface area contributed by atoms with Gasteiger partial charge in [0, 0.05) is 35.8 Å². The van der Waals surface area contributed by atoms with Crippen molar-refractivity contribution in [1.82, 2.24) is 24.6 Å². The highest BCUT2D eigenvalue weighted by Gasteiger charge is 2.15. The average Bonchev–Trinajstić information content (AvgIpc) is 3.28. The van der Waals surface area contributed by atoms with Gasteiger partial charge < -0.3 is 10.1 Å². The minimum atomic E-state index is 0.547. The van der Waals surface area contributed by atoms with Gasteiger partial charge in [0.15, 0.2) is 11.6 Å². The number of methoxy groups -OCH3 is 1. The predicted molar refractivity (Wildman–Crippen MR) is 120 cm³/mol. The Morgan fingerprint density at radius 3 is 2.52 bits per heavy atom. The number of anilines is 1. The summed E-state index contributed by atoms with van der Waals surface area (Å²) < 4.78 is 7.02. The Labute approximate surface area is 179 Å². The van der Waals surface area contributed by atoms with E-state index in [4.69, 9.17) is 14.8 Å². The molecule has 7 heteroatoms. The third-order valence-corrected chi connectivity index (χ3v) is 4.96. The molecule has 4 heterocycles. The van der Waals surface area contributed by atoms with Crippen LogP contribution in [0.3, 0.4) is 0 Å². The van der Waals surface area contributed by atoms with Gasteiger partial charge in [-0.05, 0) is 29.8 Å². The molecule has 0 amide bonds. The van der Waals surface area contributed by atoms with Gasteiger partial charge in [0.1, 0.15) is 5.52 Å². The van der Waals surface area contributed by atoms with Crippen LogP contribution >= 0.6 is 0 Å². The Kier molecular flexibility index (Phi) is 4.98. The Bertz CT molecular complexity index is 1300. The molecule has 1 aromatic carbocycles. The van der Waals surface area contributed by atoms with Crippen molar-refractivity contribution in [3.8, 4) is 28.4 Å². The molecule has 0 radical (unpaired) electrons. The van der Waals surface area contributed by atoms with Gasteiger partial charge in [-0.3, -0.25) is 4.98 Å². The maximum absolute atomic E-state index is 5.16. The molecular formula is C24H20N6O. The molecule has 0 fully saturated rings. The highest BCUT2D eigenvalue weighted by Crippen LogP contribution is 2.31. The molecule has 0 aliphatic rings. The quantitative estimate of drug-likeness (QED) is 0.447. The number of benzene rings is 1. The zero-order chi connectivity index (χ0) is 21.0. The second kappa shape index (κ2) is 8.23. The fraction of sp³-hybridized carbons (Fsp3) is 0.0833. The molecular weight excluding hydrogens is 388 g/mol. The van der Waals surface area contributed by atoms with Gasteiger partial charge in [-0.25, -0.2) is 14.5 Å². The Hall–Kier alpha value is -4.26. The molecule has 1 N–H and O–H groups in total. The van der Waals surface area contributed by atoms with E-state index >= 15 is 0 Å². The number of fused-ring (bicyclic) bond motifs is 1. The topological polar surface area (TPSA) is 77.2 Å². The molecule has 7 nitrogen and oxygen atoms in total. The van der Waals surface area contributed by atoms with Gasteiger partial charge in [0.05, 0.1) is 19.3 Å². The summed E-state index contributed by atoms with van der Waals surface area (Å²) in [6.45, 7) is 0.549. The molecule has 0 unspecified atom stereocenters. The number of nitrogens with zero attached hydrogens (tertiary/aromatic N) is 5. The van der Waals surface area contributed by atoms with E-state index in [1.54, 1.807) is 25.6 Å². The van der Waals surface area contributed by atoms with Gasteiger partial charge in [0.25, 0.3) is 0 Å². The fourth-order valence-electron chi connectivity index (χ4n) is 3.43. The van der Waals surface area contributed by atoms with Crippen molar-refractivity contribution >= 4 is 11.3 Å². The summed E-state index contributed by atoms with van der Waals surface area (Å²) >= 11 is 0. The molecule has 5 rings (SSSR count). The maximum atomic E-state index is 5.16. The lowest BCUT2D eigenvalue weighted by Crippen LogP contribution is -2.08. The van der Waals surface area contributed by atoms with Crippen LogP contribution in [0.2, 0.25) is 0 Å². The fourth-order valence-corrected chi connectivity index (χ4v) is 3.43. The van der Waals surface area contributed by atoms with Gasteiger partial charge in [-0.15, -0.1) is 5.10 Å². The number of pyridine rings is 2. The zero-order valence-electron chi connectivity index (χ0n) is 16.9. The van der Waals surface area contributed by atoms with E-state index in [2.05, 4.69) is 33.5 Å². The third kappa shape index (κ3) is 3.81. The van der Waals surface area contributed by atoms with Crippen LogP contribution in [0, 0.1) is 0 Å². The van der Waals surface area contributed by atoms with Gasteiger partial charge >= 0.3 is 0 Å². The van der Waals surface area contributed by atoms with Crippen LogP contribution in [0.15, 0.2) is 85.3 Å². The summed E-state index contributed by atoms with van der Waals surface area (Å²) in [5.74, 6) is 1.85. The second-order valence-electron chi connectivity index (χ2n) is 6.94. The minimum absolute atomic E-state index is 0.547. The first kappa shape index (κ1) is 18.7. The van der Waals surface area contributed by atoms with E-state index in [0.717, 1.165) is 33.7 Å². The normalized spacial score (nSPS) is 10.9. The lowest BCUT2D eigenvalue weighted by Gasteiger charge is -2.11. The van der Waals surface area contributed by atoms with Crippen LogP contribution in [0.5, 0.6) is 5.88 Å². The van der Waals surface area contributed by atoms with Crippen molar-refractivity contribution < 1.29 is 4.74 Å². The minimum Gasteiger partial charge on any atom is -0.481 e. The van der Waals surface area contributed by atoms with Crippen molar-refractivity contribution in [3.05, 3.63) is 91.0 Å². The van der Waals surface area contributed by atoms with Crippen LogP contribution in [-0.4, -0.2) is 31.7 Å². The molecule has 5 aromatic rings. The van der Waals surface area contributed by atoms with Crippen molar-refractivity contribution in [2.24, 2.45) is 0 Å². The van der Waals surface area contributed by atoms with E-state index in [1.165, 1.54) is 0 Å². The Morgan fingerprint density at radius 1 is 0.903 bits per heavy atom. The van der Waals surface area contributed by atoms with Crippen molar-refractivity contribution in [2.75, 3.05) is 12.4 Å². The molecule has 0 atom stereocenters. The van der Waals surface area contributed by atoms with Gasteiger partial charge in [-0.2, -0.15) is 0 Å². The first-order valence-electron chi connectivity index (χ1n) is 9.91. The molecule has 0 aliphatic heterocycles. The zero-order valence-corrected chi connectivity index (χ0v) is 16.9. The smallest absolute Gasteiger partial charge is 0.212 e. The van der Waals surface area contributed by atoms with Crippen molar-refractivity contribution in [2.45, 2.75) is 6.54 Å². The lowest BCUT2D eigenvalue weighted by atomic mass is 10.1. The van der Waals surface area contributed by atoms with Crippen LogP contribution in [-0.2, 0) is 6.54 Å². The Balaban J connectivity index is 1.62. The van der Waals surface area contributed by atoms with E-state index in [0.29, 0.717) is 18.2 Å². The Morgan fingerprint density at radius 2 is 1.77 bits per heavy atom. The van der Waals surface area contributed by atoms with E-state index < -0.39 is 0 Å². The van der Waals surface area contributed by atoms with Gasteiger partial charge in [0.2, 0.25) is 5.88 Å². The maximum Gasteiger partial charge on any atom is 0.212 e. The average molecular weight is 408 g/mol. The van der Waals surface area contributed by atoms with Gasteiger partial charge in [-0.1, -0.05) is 36.4 Å². The standard InChI is InChI=1S/C24H20N6O/c1-31-21-11-10-18(15-26-21)23-28-24(27-16-19-9-5-6-13-25-19)22-20(12-14-30(22)29-23)17-7-3-2-4-8-17/h2-15H,16H2,1H3,(H,27,28,29). The number of rotatable bonds is 6. The molecule has 0 saturated carbocycles. The predicted octanol–water partition coefficient (Wildman–Crippen LogP) is 4.47. The molecule has 4 aromatic heterocycles. The van der Waals surface area contributed by atoms with Crippen LogP contribution in [0.1, 0.15) is 5.69 Å². The first-order chi connectivity index (χ1) is 15.3. The van der Waals surface area contributed by atoms with Crippen molar-refractivity contribution in [1.29, 1.82) is 0 Å². The molecule has 0 bridgehead atoms. The van der Waals surface area contributed by atoms with E-state index in [-0.39, 0.29) is 0 Å². The summed E-state index contributed by atoms with van der Waals surface area (Å²) in [6, 6.07) is 21.8. The molecule has 0 aliphatic carbocycles. The SMILES string of the molecule is COc1ccc(-c2nc(NCc3ccccn3)c3c(-c4ccccc4)ccn3n2)cn1. The highest BCUT2D eigenvalue weighted by molar-refractivity contribution is 5.89. The van der Waals surface area contributed by atoms with Crippen LogP contribution in [0.25, 0.3) is 28.0 Å². The third-order valence-electron chi connectivity index (χ3n) is 4.96. The first-order valence-corrected chi connectivity index (χ1v) is 9.91. The monoisotopic (exact) mass is 408 g/mol. The number of hydrogen-bond donors (Lipinski definition) is 1. The number of hydrogen-bond acceptors (Lipinski definition) is 6. The number of ether oxygens (including phenoxy) is 1. The summed E-state index contributed by atoms with van der Waals surface area (Å²) in [5.41, 5.74) is 4.81. The highest BCUT2D eigenvalue weighted by atomic mass is 16.5. The molecule has 0 saturated heterocycles. The van der Waals surface area contributed by atoms with Crippen LogP contribution < -0.4 is 10.1 Å². The van der Waals surface area contributed by atoms with E-state index in [9.17, 15) is 0 Å². The van der Waals surface area contributed by atoms with Crippen molar-refractivity contribution in [3.63, 3.8) is 0 Å². The molecule has 0 spiro atoms. The summed E-state index contributed by atoms with van der Waals surface area (Å²) in [6.07, 6.45) is 5.45. The van der Waals surface area contributed by atoms with Crippen LogP contribution in [0.4, 0.5) is 5.82 Å². The summed E-state index contributed by atoms with van der Waals surface area (Å²) in [7, 11) is 1.59. The lowest BCUT2D eigenvalue weighted by molar-refractivity contribution is 0.398.